The fourth-order valence-electron chi connectivity index (χ4n) is 1.65. The Labute approximate surface area is 122 Å². The predicted octanol–water partition coefficient (Wildman–Crippen LogP) is 1.60. The highest BCUT2D eigenvalue weighted by atomic mass is 19.1. The highest BCUT2D eigenvalue weighted by molar-refractivity contribution is 6.03. The van der Waals surface area contributed by atoms with E-state index in [0.717, 1.165) is 12.2 Å². The number of aliphatic hydroxyl groups excluding tert-OH is 1. The SMILES string of the molecule is CCC(CCO)NC(=O)/C=C/C(=O)Nc1ccc(F)cc1. The van der Waals surface area contributed by atoms with Gasteiger partial charge in [0.15, 0.2) is 0 Å². The Hall–Kier alpha value is -2.21. The van der Waals surface area contributed by atoms with Gasteiger partial charge in [-0.05, 0) is 37.1 Å². The van der Waals surface area contributed by atoms with Crippen LogP contribution in [0.3, 0.4) is 0 Å². The third-order valence-corrected chi connectivity index (χ3v) is 2.81. The lowest BCUT2D eigenvalue weighted by Gasteiger charge is -2.13. The van der Waals surface area contributed by atoms with Gasteiger partial charge in [0.1, 0.15) is 5.82 Å². The van der Waals surface area contributed by atoms with E-state index in [1.807, 2.05) is 6.92 Å². The molecule has 0 saturated heterocycles. The number of rotatable bonds is 7. The molecule has 1 atom stereocenters. The third kappa shape index (κ3) is 6.67. The van der Waals surface area contributed by atoms with Gasteiger partial charge in [-0.3, -0.25) is 9.59 Å². The summed E-state index contributed by atoms with van der Waals surface area (Å²) in [5.74, 6) is -1.27. The van der Waals surface area contributed by atoms with E-state index in [1.54, 1.807) is 0 Å². The van der Waals surface area contributed by atoms with Crippen molar-refractivity contribution >= 4 is 17.5 Å². The molecule has 0 heterocycles. The van der Waals surface area contributed by atoms with E-state index >= 15 is 0 Å². The van der Waals surface area contributed by atoms with Gasteiger partial charge in [-0.2, -0.15) is 0 Å². The van der Waals surface area contributed by atoms with Gasteiger partial charge < -0.3 is 15.7 Å². The highest BCUT2D eigenvalue weighted by Gasteiger charge is 2.07. The van der Waals surface area contributed by atoms with Crippen molar-refractivity contribution in [2.75, 3.05) is 11.9 Å². The second-order valence-corrected chi connectivity index (χ2v) is 4.46. The molecule has 0 radical (unpaired) electrons. The largest absolute Gasteiger partial charge is 0.396 e. The first-order valence-corrected chi connectivity index (χ1v) is 6.71. The van der Waals surface area contributed by atoms with Crippen molar-refractivity contribution in [1.82, 2.24) is 5.32 Å². The lowest BCUT2D eigenvalue weighted by atomic mass is 10.1. The summed E-state index contributed by atoms with van der Waals surface area (Å²) in [5, 5.41) is 14.0. The van der Waals surface area contributed by atoms with Crippen molar-refractivity contribution in [3.05, 3.63) is 42.2 Å². The normalized spacial score (nSPS) is 12.1. The molecule has 0 saturated carbocycles. The van der Waals surface area contributed by atoms with Crippen LogP contribution in [0.2, 0.25) is 0 Å². The molecule has 0 aromatic heterocycles. The van der Waals surface area contributed by atoms with Gasteiger partial charge in [0.25, 0.3) is 0 Å². The van der Waals surface area contributed by atoms with Crippen LogP contribution in [-0.2, 0) is 9.59 Å². The lowest BCUT2D eigenvalue weighted by molar-refractivity contribution is -0.118. The molecule has 1 unspecified atom stereocenters. The molecule has 114 valence electrons. The molecule has 3 N–H and O–H groups in total. The minimum atomic E-state index is -0.480. The number of halogens is 1. The summed E-state index contributed by atoms with van der Waals surface area (Å²) in [7, 11) is 0. The van der Waals surface area contributed by atoms with Gasteiger partial charge in [0.2, 0.25) is 11.8 Å². The fourth-order valence-corrected chi connectivity index (χ4v) is 1.65. The summed E-state index contributed by atoms with van der Waals surface area (Å²) >= 11 is 0. The van der Waals surface area contributed by atoms with Crippen LogP contribution in [0.5, 0.6) is 0 Å². The van der Waals surface area contributed by atoms with E-state index < -0.39 is 17.6 Å². The summed E-state index contributed by atoms with van der Waals surface area (Å²) in [6.07, 6.45) is 3.39. The van der Waals surface area contributed by atoms with Gasteiger partial charge in [0.05, 0.1) is 0 Å². The Balaban J connectivity index is 2.45. The Kier molecular flexibility index (Phi) is 7.11. The second kappa shape index (κ2) is 8.86. The molecule has 0 aliphatic carbocycles. The summed E-state index contributed by atoms with van der Waals surface area (Å²) in [6, 6.07) is 5.19. The fraction of sp³-hybridized carbons (Fsp3) is 0.333. The molecule has 0 aliphatic rings. The average Bonchev–Trinajstić information content (AvgIpc) is 2.47. The number of anilines is 1. The number of carbonyl (C=O) groups is 2. The summed E-state index contributed by atoms with van der Waals surface area (Å²) < 4.78 is 12.7. The minimum Gasteiger partial charge on any atom is -0.396 e. The van der Waals surface area contributed by atoms with Crippen molar-refractivity contribution in [2.45, 2.75) is 25.8 Å². The monoisotopic (exact) mass is 294 g/mol. The van der Waals surface area contributed by atoms with Crippen molar-refractivity contribution in [3.63, 3.8) is 0 Å². The molecule has 0 bridgehead atoms. The average molecular weight is 294 g/mol. The minimum absolute atomic E-state index is 0.00640. The van der Waals surface area contributed by atoms with Crippen LogP contribution in [0.1, 0.15) is 19.8 Å². The first kappa shape index (κ1) is 16.8. The smallest absolute Gasteiger partial charge is 0.248 e. The van der Waals surface area contributed by atoms with Crippen LogP contribution < -0.4 is 10.6 Å². The maximum Gasteiger partial charge on any atom is 0.248 e. The zero-order valence-electron chi connectivity index (χ0n) is 11.8. The quantitative estimate of drug-likeness (QED) is 0.668. The second-order valence-electron chi connectivity index (χ2n) is 4.46. The zero-order valence-corrected chi connectivity index (χ0v) is 11.8. The number of carbonyl (C=O) groups excluding carboxylic acids is 2. The highest BCUT2D eigenvalue weighted by Crippen LogP contribution is 2.07. The van der Waals surface area contributed by atoms with Gasteiger partial charge in [0, 0.05) is 30.5 Å². The van der Waals surface area contributed by atoms with Crippen molar-refractivity contribution < 1.29 is 19.1 Å². The molecule has 1 aromatic rings. The molecule has 1 rings (SSSR count). The summed E-state index contributed by atoms with van der Waals surface area (Å²) in [6.45, 7) is 1.89. The molecule has 6 heteroatoms. The van der Waals surface area contributed by atoms with E-state index in [2.05, 4.69) is 10.6 Å². The summed E-state index contributed by atoms with van der Waals surface area (Å²) in [4.78, 5) is 23.2. The van der Waals surface area contributed by atoms with E-state index in [0.29, 0.717) is 18.5 Å². The molecule has 0 fully saturated rings. The Morgan fingerprint density at radius 2 is 1.86 bits per heavy atom. The zero-order chi connectivity index (χ0) is 15.7. The van der Waals surface area contributed by atoms with Crippen LogP contribution >= 0.6 is 0 Å². The molecule has 21 heavy (non-hydrogen) atoms. The molecular weight excluding hydrogens is 275 g/mol. The van der Waals surface area contributed by atoms with Crippen LogP contribution in [0.15, 0.2) is 36.4 Å². The number of nitrogens with one attached hydrogen (secondary N) is 2. The Bertz CT molecular complexity index is 500. The molecule has 0 aliphatic heterocycles. The van der Waals surface area contributed by atoms with Crippen LogP contribution in [0, 0.1) is 5.82 Å². The van der Waals surface area contributed by atoms with Gasteiger partial charge in [-0.25, -0.2) is 4.39 Å². The van der Waals surface area contributed by atoms with Crippen molar-refractivity contribution in [1.29, 1.82) is 0 Å². The Morgan fingerprint density at radius 1 is 1.24 bits per heavy atom. The van der Waals surface area contributed by atoms with Crippen LogP contribution in [0.25, 0.3) is 0 Å². The van der Waals surface area contributed by atoms with Gasteiger partial charge in [-0.1, -0.05) is 6.92 Å². The predicted molar refractivity (Wildman–Crippen MR) is 78.1 cm³/mol. The van der Waals surface area contributed by atoms with Crippen LogP contribution in [-0.4, -0.2) is 29.6 Å². The lowest BCUT2D eigenvalue weighted by Crippen LogP contribution is -2.34. The molecule has 2 amide bonds. The number of benzene rings is 1. The van der Waals surface area contributed by atoms with Crippen molar-refractivity contribution in [2.24, 2.45) is 0 Å². The number of hydrogen-bond donors (Lipinski definition) is 3. The van der Waals surface area contributed by atoms with Crippen molar-refractivity contribution in [3.8, 4) is 0 Å². The first-order chi connectivity index (χ1) is 10.0. The first-order valence-electron chi connectivity index (χ1n) is 6.71. The Morgan fingerprint density at radius 3 is 2.43 bits per heavy atom. The molecule has 0 spiro atoms. The topological polar surface area (TPSA) is 78.4 Å². The van der Waals surface area contributed by atoms with E-state index in [-0.39, 0.29) is 12.6 Å². The van der Waals surface area contributed by atoms with E-state index in [1.165, 1.54) is 24.3 Å². The van der Waals surface area contributed by atoms with E-state index in [4.69, 9.17) is 5.11 Å². The molecule has 5 nitrogen and oxygen atoms in total. The van der Waals surface area contributed by atoms with Gasteiger partial charge in [-0.15, -0.1) is 0 Å². The number of amides is 2. The maximum absolute atomic E-state index is 12.7. The third-order valence-electron chi connectivity index (χ3n) is 2.81. The standard InChI is InChI=1S/C15H19FN2O3/c1-2-12(9-10-19)17-14(20)7-8-15(21)18-13-5-3-11(16)4-6-13/h3-8,12,19H,2,9-10H2,1H3,(H,17,20)(H,18,21)/b8-7+. The number of aliphatic hydroxyl groups is 1. The summed E-state index contributed by atoms with van der Waals surface area (Å²) in [5.41, 5.74) is 0.443. The van der Waals surface area contributed by atoms with E-state index in [9.17, 15) is 14.0 Å². The number of hydrogen-bond acceptors (Lipinski definition) is 3. The molecular formula is C15H19FN2O3. The van der Waals surface area contributed by atoms with Gasteiger partial charge >= 0.3 is 0 Å². The van der Waals surface area contributed by atoms with Crippen LogP contribution in [0.4, 0.5) is 10.1 Å². The maximum atomic E-state index is 12.7. The molecule has 1 aromatic carbocycles.